The fourth-order valence-corrected chi connectivity index (χ4v) is 2.53. The highest BCUT2D eigenvalue weighted by atomic mass is 16.1. The Morgan fingerprint density at radius 1 is 1.28 bits per heavy atom. The van der Waals surface area contributed by atoms with Crippen LogP contribution in [0.25, 0.3) is 0 Å². The van der Waals surface area contributed by atoms with Gasteiger partial charge in [-0.05, 0) is 30.9 Å². The first-order valence-electron chi connectivity index (χ1n) is 6.74. The maximum Gasteiger partial charge on any atom is 0.250 e. The average molecular weight is 249 g/mol. The zero-order valence-electron chi connectivity index (χ0n) is 11.3. The van der Waals surface area contributed by atoms with E-state index in [2.05, 4.69) is 18.7 Å². The van der Waals surface area contributed by atoms with E-state index >= 15 is 0 Å². The maximum atomic E-state index is 11.6. The number of pyridine rings is 1. The van der Waals surface area contributed by atoms with Crippen LogP contribution < -0.4 is 11.3 Å². The number of piperidine rings is 1. The molecule has 2 N–H and O–H groups in total. The number of anilines is 1. The molecule has 0 bridgehead atoms. The number of nitrogens with two attached hydrogens (primary N) is 1. The van der Waals surface area contributed by atoms with Gasteiger partial charge in [-0.2, -0.15) is 0 Å². The van der Waals surface area contributed by atoms with Crippen molar-refractivity contribution in [1.82, 2.24) is 9.47 Å². The van der Waals surface area contributed by atoms with E-state index in [0.29, 0.717) is 5.69 Å². The monoisotopic (exact) mass is 249 g/mol. The molecular weight excluding hydrogens is 226 g/mol. The number of likely N-dealkylation sites (tertiary alicyclic amines) is 1. The zero-order chi connectivity index (χ0) is 13.1. The summed E-state index contributed by atoms with van der Waals surface area (Å²) in [7, 11) is 0. The van der Waals surface area contributed by atoms with E-state index in [1.165, 1.54) is 12.5 Å². The fraction of sp³-hybridized carbons (Fsp3) is 0.643. The van der Waals surface area contributed by atoms with Gasteiger partial charge in [-0.1, -0.05) is 13.8 Å². The van der Waals surface area contributed by atoms with Crippen LogP contribution in [0.4, 0.5) is 5.69 Å². The van der Waals surface area contributed by atoms with Gasteiger partial charge >= 0.3 is 0 Å². The van der Waals surface area contributed by atoms with Crippen molar-refractivity contribution in [1.29, 1.82) is 0 Å². The van der Waals surface area contributed by atoms with Gasteiger partial charge in [-0.25, -0.2) is 0 Å². The third-order valence-corrected chi connectivity index (χ3v) is 4.08. The van der Waals surface area contributed by atoms with Crippen molar-refractivity contribution in [2.24, 2.45) is 11.8 Å². The van der Waals surface area contributed by atoms with Crippen molar-refractivity contribution in [3.05, 3.63) is 28.7 Å². The van der Waals surface area contributed by atoms with Gasteiger partial charge in [0.25, 0.3) is 5.56 Å². The Morgan fingerprint density at radius 3 is 2.78 bits per heavy atom. The molecule has 1 aromatic heterocycles. The molecular formula is C14H23N3O. The molecule has 4 nitrogen and oxygen atoms in total. The minimum Gasteiger partial charge on any atom is -0.398 e. The van der Waals surface area contributed by atoms with Gasteiger partial charge in [0, 0.05) is 37.6 Å². The van der Waals surface area contributed by atoms with Crippen LogP contribution in [0.2, 0.25) is 0 Å². The summed E-state index contributed by atoms with van der Waals surface area (Å²) in [6, 6.07) is 3.19. The highest BCUT2D eigenvalue weighted by Gasteiger charge is 2.22. The standard InChI is InChI=1S/C14H23N3O/c1-11-5-6-16(9-12(11)2)7-8-17-10-13(15)3-4-14(17)18/h3-4,10-12H,5-9,15H2,1-2H3. The molecule has 0 saturated carbocycles. The van der Waals surface area contributed by atoms with Crippen LogP contribution in [0.5, 0.6) is 0 Å². The summed E-state index contributed by atoms with van der Waals surface area (Å²) in [4.78, 5) is 14.1. The molecule has 0 radical (unpaired) electrons. The van der Waals surface area contributed by atoms with E-state index < -0.39 is 0 Å². The lowest BCUT2D eigenvalue weighted by Gasteiger charge is -2.35. The minimum absolute atomic E-state index is 0.0302. The van der Waals surface area contributed by atoms with Gasteiger partial charge in [0.1, 0.15) is 0 Å². The lowest BCUT2D eigenvalue weighted by atomic mass is 9.89. The molecule has 2 rings (SSSR count). The average Bonchev–Trinajstić information content (AvgIpc) is 2.34. The Labute approximate surface area is 108 Å². The molecule has 4 heteroatoms. The van der Waals surface area contributed by atoms with Gasteiger partial charge < -0.3 is 15.2 Å². The molecule has 18 heavy (non-hydrogen) atoms. The Morgan fingerprint density at radius 2 is 2.06 bits per heavy atom. The minimum atomic E-state index is 0.0302. The SMILES string of the molecule is CC1CCN(CCn2cc(N)ccc2=O)CC1C. The molecule has 0 amide bonds. The first-order chi connectivity index (χ1) is 8.56. The van der Waals surface area contributed by atoms with Crippen molar-refractivity contribution < 1.29 is 0 Å². The second kappa shape index (κ2) is 5.57. The number of nitrogens with zero attached hydrogens (tertiary/aromatic N) is 2. The van der Waals surface area contributed by atoms with E-state index in [1.54, 1.807) is 16.8 Å². The number of nitrogen functional groups attached to an aromatic ring is 1. The summed E-state index contributed by atoms with van der Waals surface area (Å²) in [6.45, 7) is 8.57. The molecule has 1 fully saturated rings. The quantitative estimate of drug-likeness (QED) is 0.881. The Bertz CT molecular complexity index is 455. The van der Waals surface area contributed by atoms with Crippen LogP contribution >= 0.6 is 0 Å². The van der Waals surface area contributed by atoms with Crippen LogP contribution in [0.15, 0.2) is 23.1 Å². The Kier molecular flexibility index (Phi) is 4.07. The summed E-state index contributed by atoms with van der Waals surface area (Å²) in [5, 5.41) is 0. The molecule has 1 aromatic rings. The normalized spacial score (nSPS) is 25.2. The Hall–Kier alpha value is -1.29. The molecule has 2 heterocycles. The molecule has 0 aromatic carbocycles. The molecule has 100 valence electrons. The van der Waals surface area contributed by atoms with Crippen LogP contribution in [0.1, 0.15) is 20.3 Å². The largest absolute Gasteiger partial charge is 0.398 e. The fourth-order valence-electron chi connectivity index (χ4n) is 2.53. The summed E-state index contributed by atoms with van der Waals surface area (Å²) in [6.07, 6.45) is 2.99. The van der Waals surface area contributed by atoms with Gasteiger partial charge in [0.15, 0.2) is 0 Å². The molecule has 0 aliphatic carbocycles. The lowest BCUT2D eigenvalue weighted by molar-refractivity contribution is 0.134. The maximum absolute atomic E-state index is 11.6. The summed E-state index contributed by atoms with van der Waals surface area (Å²) < 4.78 is 1.71. The smallest absolute Gasteiger partial charge is 0.250 e. The van der Waals surface area contributed by atoms with Crippen LogP contribution in [0, 0.1) is 11.8 Å². The number of hydrogen-bond donors (Lipinski definition) is 1. The van der Waals surface area contributed by atoms with Crippen molar-refractivity contribution >= 4 is 5.69 Å². The van der Waals surface area contributed by atoms with Gasteiger partial charge in [0.05, 0.1) is 0 Å². The molecule has 0 spiro atoms. The molecule has 2 unspecified atom stereocenters. The molecule has 2 atom stereocenters. The number of aromatic nitrogens is 1. The van der Waals surface area contributed by atoms with Gasteiger partial charge in [-0.15, -0.1) is 0 Å². The summed E-state index contributed by atoms with van der Waals surface area (Å²) in [5.41, 5.74) is 6.38. The van der Waals surface area contributed by atoms with Crippen molar-refractivity contribution in [3.8, 4) is 0 Å². The highest BCUT2D eigenvalue weighted by molar-refractivity contribution is 5.33. The molecule has 1 saturated heterocycles. The third-order valence-electron chi connectivity index (χ3n) is 4.08. The van der Waals surface area contributed by atoms with Crippen LogP contribution in [-0.4, -0.2) is 29.1 Å². The number of rotatable bonds is 3. The van der Waals surface area contributed by atoms with Gasteiger partial charge in [-0.3, -0.25) is 4.79 Å². The second-order valence-corrected chi connectivity index (χ2v) is 5.54. The Balaban J connectivity index is 1.92. The lowest BCUT2D eigenvalue weighted by Crippen LogP contribution is -2.40. The number of hydrogen-bond acceptors (Lipinski definition) is 3. The van der Waals surface area contributed by atoms with Crippen molar-refractivity contribution in [3.63, 3.8) is 0 Å². The predicted octanol–water partition coefficient (Wildman–Crippen LogP) is 1.41. The summed E-state index contributed by atoms with van der Waals surface area (Å²) >= 11 is 0. The van der Waals surface area contributed by atoms with E-state index in [4.69, 9.17) is 5.73 Å². The predicted molar refractivity (Wildman–Crippen MR) is 74.5 cm³/mol. The zero-order valence-corrected chi connectivity index (χ0v) is 11.3. The van der Waals surface area contributed by atoms with Crippen molar-refractivity contribution in [2.75, 3.05) is 25.4 Å². The van der Waals surface area contributed by atoms with E-state index in [-0.39, 0.29) is 5.56 Å². The topological polar surface area (TPSA) is 51.3 Å². The van der Waals surface area contributed by atoms with Crippen molar-refractivity contribution in [2.45, 2.75) is 26.8 Å². The first kappa shape index (κ1) is 13.1. The van der Waals surface area contributed by atoms with Crippen LogP contribution in [-0.2, 0) is 6.54 Å². The van der Waals surface area contributed by atoms with E-state index in [0.717, 1.165) is 38.0 Å². The summed E-state index contributed by atoms with van der Waals surface area (Å²) in [5.74, 6) is 1.56. The molecule has 1 aliphatic heterocycles. The third kappa shape index (κ3) is 3.13. The highest BCUT2D eigenvalue weighted by Crippen LogP contribution is 2.22. The first-order valence-corrected chi connectivity index (χ1v) is 6.74. The second-order valence-electron chi connectivity index (χ2n) is 5.54. The van der Waals surface area contributed by atoms with Crippen LogP contribution in [0.3, 0.4) is 0 Å². The van der Waals surface area contributed by atoms with E-state index in [1.807, 2.05) is 0 Å². The van der Waals surface area contributed by atoms with E-state index in [9.17, 15) is 4.79 Å². The molecule has 1 aliphatic rings. The van der Waals surface area contributed by atoms with Gasteiger partial charge in [0.2, 0.25) is 0 Å².